The van der Waals surface area contributed by atoms with Gasteiger partial charge in [-0.3, -0.25) is 4.48 Å². The highest BCUT2D eigenvalue weighted by molar-refractivity contribution is 5.73. The summed E-state index contributed by atoms with van der Waals surface area (Å²) in [5, 5.41) is 27.4. The van der Waals surface area contributed by atoms with Crippen LogP contribution in [-0.2, 0) is 14.4 Å². The second-order valence-corrected chi connectivity index (χ2v) is 10.8. The fourth-order valence-electron chi connectivity index (χ4n) is 5.02. The van der Waals surface area contributed by atoms with Crippen LogP contribution in [0.15, 0.2) is 12.2 Å². The van der Waals surface area contributed by atoms with E-state index in [0.717, 1.165) is 25.7 Å². The van der Waals surface area contributed by atoms with Gasteiger partial charge in [0.2, 0.25) is 0 Å². The van der Waals surface area contributed by atoms with Gasteiger partial charge in [0, 0.05) is 0 Å². The van der Waals surface area contributed by atoms with Gasteiger partial charge >= 0.3 is 17.9 Å². The SMILES string of the molecule is CCCCCCCCCCCC/C=C/CCCCCCCCCC[N+](CC(=O)O)(CC(=O)O)CC(=O)O. The Morgan fingerprint density at radius 2 is 0.784 bits per heavy atom. The maximum atomic E-state index is 11.2. The topological polar surface area (TPSA) is 112 Å². The van der Waals surface area contributed by atoms with Crippen molar-refractivity contribution in [1.29, 1.82) is 0 Å². The summed E-state index contributed by atoms with van der Waals surface area (Å²) in [5.74, 6) is -3.51. The summed E-state index contributed by atoms with van der Waals surface area (Å²) in [6.45, 7) is 1.09. The maximum Gasteiger partial charge on any atom is 0.359 e. The summed E-state index contributed by atoms with van der Waals surface area (Å²) in [4.78, 5) is 33.6. The molecule has 0 saturated carbocycles. The zero-order valence-electron chi connectivity index (χ0n) is 23.6. The average Bonchev–Trinajstić information content (AvgIpc) is 2.81. The van der Waals surface area contributed by atoms with Crippen molar-refractivity contribution in [2.45, 2.75) is 135 Å². The Morgan fingerprint density at radius 3 is 1.11 bits per heavy atom. The van der Waals surface area contributed by atoms with Crippen LogP contribution < -0.4 is 0 Å². The van der Waals surface area contributed by atoms with E-state index < -0.39 is 42.0 Å². The number of allylic oxidation sites excluding steroid dienone is 2. The van der Waals surface area contributed by atoms with E-state index >= 15 is 0 Å². The van der Waals surface area contributed by atoms with E-state index in [2.05, 4.69) is 19.1 Å². The number of hydrogen-bond donors (Lipinski definition) is 3. The molecule has 0 atom stereocenters. The molecular weight excluding hydrogens is 470 g/mol. The molecule has 3 N–H and O–H groups in total. The Morgan fingerprint density at radius 1 is 0.486 bits per heavy atom. The predicted molar refractivity (Wildman–Crippen MR) is 150 cm³/mol. The van der Waals surface area contributed by atoms with Crippen LogP contribution in [-0.4, -0.2) is 63.9 Å². The van der Waals surface area contributed by atoms with E-state index in [9.17, 15) is 14.4 Å². The molecule has 0 fully saturated rings. The number of quaternary nitrogens is 1. The molecule has 0 aliphatic rings. The van der Waals surface area contributed by atoms with Crippen molar-refractivity contribution in [1.82, 2.24) is 0 Å². The fourth-order valence-corrected chi connectivity index (χ4v) is 5.02. The molecule has 0 saturated heterocycles. The van der Waals surface area contributed by atoms with Crippen molar-refractivity contribution in [3.8, 4) is 0 Å². The van der Waals surface area contributed by atoms with Crippen LogP contribution in [0.2, 0.25) is 0 Å². The van der Waals surface area contributed by atoms with E-state index in [1.165, 1.54) is 96.3 Å². The lowest BCUT2D eigenvalue weighted by Crippen LogP contribution is -2.57. The van der Waals surface area contributed by atoms with E-state index in [1.807, 2.05) is 0 Å². The number of carboxylic acids is 3. The lowest BCUT2D eigenvalue weighted by molar-refractivity contribution is -0.907. The summed E-state index contributed by atoms with van der Waals surface area (Å²) in [6, 6.07) is 0. The molecule has 37 heavy (non-hydrogen) atoms. The molecule has 0 heterocycles. The van der Waals surface area contributed by atoms with Crippen molar-refractivity contribution in [3.63, 3.8) is 0 Å². The normalized spacial score (nSPS) is 11.8. The van der Waals surface area contributed by atoms with Crippen molar-refractivity contribution in [2.24, 2.45) is 0 Å². The Labute approximate surface area is 225 Å². The number of carbonyl (C=O) groups is 3. The van der Waals surface area contributed by atoms with Gasteiger partial charge in [-0.15, -0.1) is 0 Å². The van der Waals surface area contributed by atoms with Crippen LogP contribution in [0.4, 0.5) is 0 Å². The molecule has 0 rings (SSSR count). The number of aliphatic carboxylic acids is 3. The van der Waals surface area contributed by atoms with Gasteiger partial charge in [0.1, 0.15) is 0 Å². The molecular formula is C30H56NO6+. The van der Waals surface area contributed by atoms with Gasteiger partial charge in [-0.2, -0.15) is 0 Å². The molecule has 7 nitrogen and oxygen atoms in total. The van der Waals surface area contributed by atoms with Gasteiger partial charge in [0.25, 0.3) is 0 Å². The summed E-state index contributed by atoms with van der Waals surface area (Å²) in [7, 11) is 0. The molecule has 0 unspecified atom stereocenters. The van der Waals surface area contributed by atoms with Crippen LogP contribution in [0.3, 0.4) is 0 Å². The maximum absolute atomic E-state index is 11.2. The number of unbranched alkanes of at least 4 members (excludes halogenated alkanes) is 18. The Balaban J connectivity index is 3.67. The van der Waals surface area contributed by atoms with Gasteiger partial charge < -0.3 is 15.3 Å². The minimum absolute atomic E-state index is 0.260. The molecule has 0 aromatic carbocycles. The molecule has 0 amide bonds. The van der Waals surface area contributed by atoms with Crippen LogP contribution in [0.25, 0.3) is 0 Å². The zero-order valence-corrected chi connectivity index (χ0v) is 23.6. The summed E-state index contributed by atoms with van der Waals surface area (Å²) in [5.41, 5.74) is 0. The molecule has 0 radical (unpaired) electrons. The lowest BCUT2D eigenvalue weighted by atomic mass is 10.1. The quantitative estimate of drug-likeness (QED) is 0.0555. The Bertz CT molecular complexity index is 578. The number of carboxylic acid groups (broad SMARTS) is 3. The highest BCUT2D eigenvalue weighted by atomic mass is 16.4. The second-order valence-electron chi connectivity index (χ2n) is 10.8. The molecule has 0 aliphatic carbocycles. The lowest BCUT2D eigenvalue weighted by Gasteiger charge is -2.34. The fraction of sp³-hybridized carbons (Fsp3) is 0.833. The third-order valence-electron chi connectivity index (χ3n) is 7.06. The molecule has 7 heteroatoms. The van der Waals surface area contributed by atoms with Gasteiger partial charge in [-0.1, -0.05) is 109 Å². The molecule has 216 valence electrons. The first kappa shape index (κ1) is 35.1. The molecule has 0 aliphatic heterocycles. The zero-order chi connectivity index (χ0) is 27.6. The van der Waals surface area contributed by atoms with E-state index in [1.54, 1.807) is 0 Å². The Kier molecular flexibility index (Phi) is 23.2. The van der Waals surface area contributed by atoms with Gasteiger partial charge in [0.05, 0.1) is 6.54 Å². The minimum Gasteiger partial charge on any atom is -0.477 e. The van der Waals surface area contributed by atoms with Crippen molar-refractivity contribution in [2.75, 3.05) is 26.2 Å². The minimum atomic E-state index is -1.17. The first-order valence-corrected chi connectivity index (χ1v) is 15.0. The van der Waals surface area contributed by atoms with Crippen molar-refractivity contribution < 1.29 is 34.2 Å². The van der Waals surface area contributed by atoms with Gasteiger partial charge in [-0.05, 0) is 38.5 Å². The average molecular weight is 527 g/mol. The molecule has 0 spiro atoms. The van der Waals surface area contributed by atoms with Crippen LogP contribution in [0.5, 0.6) is 0 Å². The number of hydrogen-bond acceptors (Lipinski definition) is 3. The monoisotopic (exact) mass is 526 g/mol. The number of rotatable bonds is 28. The van der Waals surface area contributed by atoms with Crippen LogP contribution in [0.1, 0.15) is 135 Å². The largest absolute Gasteiger partial charge is 0.477 e. The third kappa shape index (κ3) is 24.2. The van der Waals surface area contributed by atoms with E-state index in [-0.39, 0.29) is 6.54 Å². The Hall–Kier alpha value is -1.89. The first-order chi connectivity index (χ1) is 17.8. The highest BCUT2D eigenvalue weighted by Gasteiger charge is 2.35. The smallest absolute Gasteiger partial charge is 0.359 e. The van der Waals surface area contributed by atoms with Crippen LogP contribution >= 0.6 is 0 Å². The van der Waals surface area contributed by atoms with Gasteiger partial charge in [-0.25, -0.2) is 14.4 Å². The standard InChI is InChI=1S/C30H55NO6/c1-2-3-4-5-6-7-8-9-10-11-12-13-14-15-16-17-18-19-20-21-22-23-24-31(25-28(32)33,26-29(34)35)27-30(36)37/h13-14H,2-12,15-27H2,1H3,(H2-,32,33,34,35,36,37)/p+1/b14-13+. The van der Waals surface area contributed by atoms with Gasteiger partial charge in [0.15, 0.2) is 19.6 Å². The molecule has 0 aromatic rings. The summed E-state index contributed by atoms with van der Waals surface area (Å²) in [6.07, 6.45) is 29.3. The highest BCUT2D eigenvalue weighted by Crippen LogP contribution is 2.15. The van der Waals surface area contributed by atoms with Crippen molar-refractivity contribution in [3.05, 3.63) is 12.2 Å². The summed E-state index contributed by atoms with van der Waals surface area (Å²) < 4.78 is -0.438. The third-order valence-corrected chi connectivity index (χ3v) is 7.06. The first-order valence-electron chi connectivity index (χ1n) is 15.0. The second kappa shape index (κ2) is 24.4. The molecule has 0 bridgehead atoms. The van der Waals surface area contributed by atoms with Crippen molar-refractivity contribution >= 4 is 17.9 Å². The predicted octanol–water partition coefficient (Wildman–Crippen LogP) is 7.44. The summed E-state index contributed by atoms with van der Waals surface area (Å²) >= 11 is 0. The number of nitrogens with zero attached hydrogens (tertiary/aromatic N) is 1. The molecule has 0 aromatic heterocycles. The van der Waals surface area contributed by atoms with Crippen LogP contribution in [0, 0.1) is 0 Å². The van der Waals surface area contributed by atoms with E-state index in [0.29, 0.717) is 6.42 Å². The van der Waals surface area contributed by atoms with E-state index in [4.69, 9.17) is 15.3 Å².